The molecule has 2 aromatic carbocycles. The molecule has 0 spiro atoms. The summed E-state index contributed by atoms with van der Waals surface area (Å²) in [6.45, 7) is -2.55. The van der Waals surface area contributed by atoms with Crippen LogP contribution < -0.4 is 31.6 Å². The zero-order chi connectivity index (χ0) is 55.8. The Morgan fingerprint density at radius 3 is 1.95 bits per heavy atom. The van der Waals surface area contributed by atoms with Gasteiger partial charge in [-0.25, -0.2) is 38.0 Å². The fourth-order valence-corrected chi connectivity index (χ4v) is 7.22. The molecule has 406 valence electrons. The van der Waals surface area contributed by atoms with Crippen LogP contribution in [0, 0.1) is 34.3 Å². The van der Waals surface area contributed by atoms with Gasteiger partial charge < -0.3 is 41.1 Å². The van der Waals surface area contributed by atoms with E-state index in [2.05, 4.69) is 42.3 Å². The van der Waals surface area contributed by atoms with Crippen molar-refractivity contribution in [1.82, 2.24) is 51.5 Å². The number of alkyl halides is 8. The summed E-state index contributed by atoms with van der Waals surface area (Å²) in [7, 11) is 0.795. The van der Waals surface area contributed by atoms with E-state index in [9.17, 15) is 69.3 Å². The van der Waals surface area contributed by atoms with E-state index in [4.69, 9.17) is 0 Å². The molecule has 4 atom stereocenters. The van der Waals surface area contributed by atoms with Gasteiger partial charge in [0.25, 0.3) is 5.91 Å². The molecule has 0 radical (unpaired) electrons. The van der Waals surface area contributed by atoms with Gasteiger partial charge in [-0.05, 0) is 70.0 Å². The third kappa shape index (κ3) is 14.7. The van der Waals surface area contributed by atoms with E-state index in [1.807, 2.05) is 10.7 Å². The maximum atomic E-state index is 15.9. The molecule has 7 N–H and O–H groups in total. The number of hydrogen-bond donors (Lipinski definition) is 7. The quantitative estimate of drug-likeness (QED) is 0.0403. The Bertz CT molecular complexity index is 2740. The Labute approximate surface area is 420 Å². The number of aromatic nitrogens is 4. The first kappa shape index (κ1) is 58.2. The fraction of sp³-hybridized carbons (Fsp3) is 0.435. The highest BCUT2D eigenvalue weighted by atomic mass is 19.4. The van der Waals surface area contributed by atoms with Crippen molar-refractivity contribution in [3.05, 3.63) is 94.9 Å². The lowest BCUT2D eigenvalue weighted by molar-refractivity contribution is -0.221. The number of carboxylic acid groups (broad SMARTS) is 1. The number of ether oxygens (including phenoxy) is 1. The first-order valence-corrected chi connectivity index (χ1v) is 22.2. The van der Waals surface area contributed by atoms with Crippen molar-refractivity contribution in [3.8, 4) is 23.1 Å². The minimum atomic E-state index is -5.29. The largest absolute Gasteiger partial charge is 0.465 e. The van der Waals surface area contributed by atoms with Crippen LogP contribution in [0.25, 0.3) is 11.3 Å². The summed E-state index contributed by atoms with van der Waals surface area (Å²) in [5, 5.41) is 33.5. The van der Waals surface area contributed by atoms with Gasteiger partial charge in [0.15, 0.2) is 0 Å². The van der Waals surface area contributed by atoms with Crippen LogP contribution in [0.5, 0.6) is 0 Å². The van der Waals surface area contributed by atoms with Gasteiger partial charge in [0.1, 0.15) is 23.7 Å². The summed E-state index contributed by atoms with van der Waals surface area (Å²) >= 11 is 0. The van der Waals surface area contributed by atoms with E-state index in [1.165, 1.54) is 42.0 Å². The van der Waals surface area contributed by atoms with Crippen LogP contribution in [0.1, 0.15) is 56.5 Å². The number of halogens is 10. The lowest BCUT2D eigenvalue weighted by Crippen LogP contribution is -2.63. The van der Waals surface area contributed by atoms with E-state index in [-0.39, 0.29) is 34.0 Å². The number of alkyl carbamates (subject to hydrolysis) is 1. The van der Waals surface area contributed by atoms with Gasteiger partial charge in [0.2, 0.25) is 17.8 Å². The zero-order valence-corrected chi connectivity index (χ0v) is 40.2. The number of methoxy groups -OCH3 is 1. The van der Waals surface area contributed by atoms with E-state index in [0.717, 1.165) is 19.4 Å². The molecular weight excluding hydrogens is 1020 g/mol. The van der Waals surface area contributed by atoms with Crippen molar-refractivity contribution in [2.24, 2.45) is 10.8 Å². The van der Waals surface area contributed by atoms with Crippen LogP contribution in [-0.2, 0) is 32.1 Å². The molecule has 0 bridgehead atoms. The van der Waals surface area contributed by atoms with Crippen molar-refractivity contribution in [3.63, 3.8) is 0 Å². The van der Waals surface area contributed by atoms with Crippen LogP contribution in [0.4, 0.5) is 59.4 Å². The Morgan fingerprint density at radius 2 is 1.43 bits per heavy atom. The van der Waals surface area contributed by atoms with Gasteiger partial charge in [-0.1, -0.05) is 24.0 Å². The molecule has 2 aromatic heterocycles. The number of aliphatic hydroxyl groups excluding tert-OH is 1. The van der Waals surface area contributed by atoms with Crippen molar-refractivity contribution in [2.75, 3.05) is 38.2 Å². The van der Waals surface area contributed by atoms with Crippen molar-refractivity contribution >= 4 is 35.9 Å². The summed E-state index contributed by atoms with van der Waals surface area (Å²) in [6, 6.07) is 0.982. The number of nitrogens with zero attached hydrogens (tertiary/aromatic N) is 6. The Kier molecular flexibility index (Phi) is 18.3. The van der Waals surface area contributed by atoms with Gasteiger partial charge in [-0.3, -0.25) is 19.8 Å². The zero-order valence-electron chi connectivity index (χ0n) is 40.2. The number of hydrogen-bond acceptors (Lipinski definition) is 12. The van der Waals surface area contributed by atoms with Crippen LogP contribution >= 0.6 is 0 Å². The van der Waals surface area contributed by atoms with E-state index in [1.54, 1.807) is 4.90 Å². The molecule has 5 rings (SSSR count). The van der Waals surface area contributed by atoms with Crippen LogP contribution in [-0.4, -0.2) is 135 Å². The molecule has 75 heavy (non-hydrogen) atoms. The van der Waals surface area contributed by atoms with E-state index >= 15 is 8.78 Å². The molecular formula is C46H49F10N11O8. The van der Waals surface area contributed by atoms with Crippen molar-refractivity contribution in [1.29, 1.82) is 0 Å². The first-order valence-electron chi connectivity index (χ1n) is 22.2. The van der Waals surface area contributed by atoms with Gasteiger partial charge in [-0.15, -0.1) is 0 Å². The predicted octanol–water partition coefficient (Wildman–Crippen LogP) is 4.81. The van der Waals surface area contributed by atoms with Crippen LogP contribution in [0.3, 0.4) is 0 Å². The number of aliphatic hydroxyl groups is 1. The molecule has 1 fully saturated rings. The number of rotatable bonds is 18. The number of piperazine rings is 1. The molecule has 1 aliphatic rings. The highest BCUT2D eigenvalue weighted by molar-refractivity contribution is 5.87. The Morgan fingerprint density at radius 1 is 0.853 bits per heavy atom. The predicted molar refractivity (Wildman–Crippen MR) is 243 cm³/mol. The number of hydrazine groups is 1. The van der Waals surface area contributed by atoms with Gasteiger partial charge in [-0.2, -0.15) is 40.2 Å². The average Bonchev–Trinajstić information content (AvgIpc) is 3.83. The van der Waals surface area contributed by atoms with Gasteiger partial charge in [0.05, 0.1) is 47.9 Å². The normalized spacial score (nSPS) is 15.0. The van der Waals surface area contributed by atoms with Gasteiger partial charge >= 0.3 is 31.1 Å². The highest BCUT2D eigenvalue weighted by Crippen LogP contribution is 2.42. The summed E-state index contributed by atoms with van der Waals surface area (Å²) in [5.74, 6) is -0.495. The third-order valence-corrected chi connectivity index (χ3v) is 11.9. The molecule has 3 heterocycles. The minimum absolute atomic E-state index is 0.0556. The van der Waals surface area contributed by atoms with Crippen LogP contribution in [0.15, 0.2) is 61.1 Å². The van der Waals surface area contributed by atoms with Crippen molar-refractivity contribution in [2.45, 2.75) is 83.8 Å². The van der Waals surface area contributed by atoms with Crippen LogP contribution in [0.2, 0.25) is 0 Å². The van der Waals surface area contributed by atoms with Crippen molar-refractivity contribution < 1.29 is 82.8 Å². The molecule has 0 saturated carbocycles. The Hall–Kier alpha value is -7.74. The lowest BCUT2D eigenvalue weighted by atomic mass is 9.82. The highest BCUT2D eigenvalue weighted by Gasteiger charge is 2.57. The number of benzene rings is 2. The monoisotopic (exact) mass is 1070 g/mol. The standard InChI is InChI=1S/C46H49F10N11O8/c1-43(2,45(51,52)53)35(62-42(74)75-5)37(70)60-32(16-25-9-6-24(7-10-25)8-11-26-19-58-40(59-20-26)65-15-13-57-34(69)23-65)33(68)22-66(64-38(71)36(61-41(72)73)44(3,4)46(54,55)56)21-28-29(47)17-27(18-30(28)48)31-12-14-67(63-31)39(49)50/h6-7,9-10,12,14,17-20,32-33,35-36,39,61,68H,13,15-16,21-23H2,1-5H3,(H,57,69)(H,60,70)(H,62,74)(H,64,71)(H,72,73)/t32-,33-,35+,36+/m0/s1. The second-order valence-electron chi connectivity index (χ2n) is 18.0. The maximum absolute atomic E-state index is 15.9. The number of anilines is 1. The first-order chi connectivity index (χ1) is 34.9. The fourth-order valence-electron chi connectivity index (χ4n) is 7.22. The summed E-state index contributed by atoms with van der Waals surface area (Å²) in [5.41, 5.74) is -5.10. The number of carbonyl (C=O) groups is 5. The topological polar surface area (TPSA) is 245 Å². The summed E-state index contributed by atoms with van der Waals surface area (Å²) in [4.78, 5) is 73.7. The molecule has 19 nitrogen and oxygen atoms in total. The molecule has 0 unspecified atom stereocenters. The van der Waals surface area contributed by atoms with Gasteiger partial charge in [0, 0.05) is 61.5 Å². The molecule has 5 amide bonds. The Balaban J connectivity index is 1.53. The third-order valence-electron chi connectivity index (χ3n) is 11.9. The molecule has 0 aliphatic carbocycles. The second-order valence-corrected chi connectivity index (χ2v) is 18.0. The number of carbonyl (C=O) groups excluding carboxylic acids is 4. The summed E-state index contributed by atoms with van der Waals surface area (Å²) < 4.78 is 149. The minimum Gasteiger partial charge on any atom is -0.465 e. The summed E-state index contributed by atoms with van der Waals surface area (Å²) in [6.07, 6.45) is -13.2. The second kappa shape index (κ2) is 23.6. The smallest absolute Gasteiger partial charge is 0.407 e. The SMILES string of the molecule is COC(=O)N[C@H](C(=O)N[C@@H](Cc1ccc(C#Cc2cnc(N3CCNC(=O)C3)nc2)cc1)[C@@H](O)CN(Cc1c(F)cc(-c2ccn(C(F)F)n2)cc1F)NC(=O)[C@@H](NC(=O)O)C(C)(C)C(F)(F)F)C(C)(C)C(F)(F)F. The number of amides is 5. The molecule has 1 saturated heterocycles. The maximum Gasteiger partial charge on any atom is 0.407 e. The van der Waals surface area contributed by atoms with E-state index < -0.39 is 115 Å². The van der Waals surface area contributed by atoms with E-state index in [0.29, 0.717) is 75.0 Å². The molecule has 1 aliphatic heterocycles. The lowest BCUT2D eigenvalue weighted by Gasteiger charge is -2.38. The number of nitrogens with one attached hydrogen (secondary N) is 5. The molecule has 4 aromatic rings. The average molecular weight is 1070 g/mol. The molecule has 29 heteroatoms.